The SMILES string of the molecule is [C-]#[N+]c1ccc(OC2C(C)(C)C(Nc3ccc(C(=O)N4CCC(N5Cc6cc7c(cc6C5)C(=O)N([C@H]5CCC(=O)NC5=O)C7=O)CC4)cc3)C2(C)C)cc1Cl. The molecule has 4 heterocycles. The lowest BCUT2D eigenvalue weighted by molar-refractivity contribution is -0.147. The molecule has 13 heteroatoms. The van der Waals surface area contributed by atoms with E-state index in [4.69, 9.17) is 22.9 Å². The summed E-state index contributed by atoms with van der Waals surface area (Å²) >= 11 is 6.27. The van der Waals surface area contributed by atoms with Gasteiger partial charge < -0.3 is 15.0 Å². The minimum atomic E-state index is -0.982. The number of benzene rings is 3. The van der Waals surface area contributed by atoms with Crippen LogP contribution in [-0.4, -0.2) is 81.6 Å². The van der Waals surface area contributed by atoms with Crippen LogP contribution in [0.4, 0.5) is 11.4 Å². The number of ether oxygens (including phenoxy) is 1. The van der Waals surface area contributed by atoms with E-state index in [0.717, 1.165) is 34.6 Å². The smallest absolute Gasteiger partial charge is 0.262 e. The maximum Gasteiger partial charge on any atom is 0.262 e. The molecule has 0 radical (unpaired) electrons. The minimum Gasteiger partial charge on any atom is -0.489 e. The molecule has 1 atom stereocenters. The Kier molecular flexibility index (Phi) is 9.01. The second kappa shape index (κ2) is 13.5. The van der Waals surface area contributed by atoms with Crippen LogP contribution in [0.15, 0.2) is 54.6 Å². The van der Waals surface area contributed by atoms with Crippen LogP contribution in [0.3, 0.4) is 0 Å². The Bertz CT molecular complexity index is 2130. The number of nitrogens with zero attached hydrogens (tertiary/aromatic N) is 4. The number of carbonyl (C=O) groups is 5. The molecule has 3 aromatic rings. The summed E-state index contributed by atoms with van der Waals surface area (Å²) in [6, 6.07) is 15.8. The number of rotatable bonds is 7. The molecule has 0 bridgehead atoms. The van der Waals surface area contributed by atoms with Crippen LogP contribution in [0.5, 0.6) is 5.75 Å². The topological polar surface area (TPSA) is 133 Å². The van der Waals surface area contributed by atoms with Gasteiger partial charge in [-0.3, -0.25) is 39.1 Å². The van der Waals surface area contributed by atoms with Gasteiger partial charge in [0.05, 0.1) is 22.7 Å². The Morgan fingerprint density at radius 1 is 0.891 bits per heavy atom. The van der Waals surface area contributed by atoms with Crippen molar-refractivity contribution in [2.75, 3.05) is 18.4 Å². The zero-order valence-corrected chi connectivity index (χ0v) is 32.0. The Morgan fingerprint density at radius 3 is 2.07 bits per heavy atom. The van der Waals surface area contributed by atoms with Gasteiger partial charge in [-0.2, -0.15) is 0 Å². The van der Waals surface area contributed by atoms with Crippen molar-refractivity contribution in [3.05, 3.63) is 98.9 Å². The summed E-state index contributed by atoms with van der Waals surface area (Å²) in [7, 11) is 0. The van der Waals surface area contributed by atoms with Gasteiger partial charge in [-0.1, -0.05) is 45.4 Å². The van der Waals surface area contributed by atoms with Gasteiger partial charge in [0.25, 0.3) is 17.7 Å². The Hall–Kier alpha value is -5.25. The zero-order valence-electron chi connectivity index (χ0n) is 31.3. The van der Waals surface area contributed by atoms with E-state index in [1.165, 1.54) is 0 Å². The van der Waals surface area contributed by atoms with Gasteiger partial charge in [0.2, 0.25) is 17.5 Å². The number of fused-ring (bicyclic) bond motifs is 2. The third-order valence-electron chi connectivity index (χ3n) is 12.4. The predicted octanol–water partition coefficient (Wildman–Crippen LogP) is 6.21. The van der Waals surface area contributed by atoms with E-state index in [-0.39, 0.29) is 47.8 Å². The molecule has 3 aromatic carbocycles. The molecule has 0 spiro atoms. The predicted molar refractivity (Wildman–Crippen MR) is 205 cm³/mol. The Labute approximate surface area is 324 Å². The molecule has 5 amide bonds. The molecule has 2 saturated heterocycles. The van der Waals surface area contributed by atoms with E-state index in [9.17, 15) is 24.0 Å². The number of hydrogen-bond acceptors (Lipinski definition) is 8. The molecule has 12 nitrogen and oxygen atoms in total. The summed E-state index contributed by atoms with van der Waals surface area (Å²) in [5.74, 6) is -1.36. The van der Waals surface area contributed by atoms with Crippen molar-refractivity contribution in [1.29, 1.82) is 0 Å². The molecule has 0 aromatic heterocycles. The van der Waals surface area contributed by atoms with E-state index < -0.39 is 29.7 Å². The molecule has 0 unspecified atom stereocenters. The van der Waals surface area contributed by atoms with Crippen LogP contribution in [0.1, 0.15) is 95.6 Å². The second-order valence-electron chi connectivity index (χ2n) is 16.6. The molecule has 1 aliphatic carbocycles. The van der Waals surface area contributed by atoms with Gasteiger partial charge in [-0.05, 0) is 78.9 Å². The fourth-order valence-corrected chi connectivity index (χ4v) is 9.95. The number of nitrogens with one attached hydrogen (secondary N) is 2. The Balaban J connectivity index is 0.846. The largest absolute Gasteiger partial charge is 0.489 e. The van der Waals surface area contributed by atoms with Gasteiger partial charge >= 0.3 is 0 Å². The number of piperidine rings is 2. The van der Waals surface area contributed by atoms with Crippen LogP contribution in [0, 0.1) is 17.4 Å². The van der Waals surface area contributed by atoms with Crippen LogP contribution in [0.2, 0.25) is 5.02 Å². The average molecular weight is 763 g/mol. The number of hydrogen-bond donors (Lipinski definition) is 2. The van der Waals surface area contributed by atoms with Gasteiger partial charge in [0.15, 0.2) is 0 Å². The molecule has 1 saturated carbocycles. The van der Waals surface area contributed by atoms with Crippen molar-refractivity contribution in [2.24, 2.45) is 10.8 Å². The highest BCUT2D eigenvalue weighted by molar-refractivity contribution is 6.33. The van der Waals surface area contributed by atoms with Crippen molar-refractivity contribution in [3.63, 3.8) is 0 Å². The summed E-state index contributed by atoms with van der Waals surface area (Å²) in [6.45, 7) is 18.5. The molecule has 8 rings (SSSR count). The van der Waals surface area contributed by atoms with Gasteiger partial charge in [-0.25, -0.2) is 4.85 Å². The fourth-order valence-electron chi connectivity index (χ4n) is 9.73. The lowest BCUT2D eigenvalue weighted by Crippen LogP contribution is -2.72. The van der Waals surface area contributed by atoms with Gasteiger partial charge in [0, 0.05) is 66.8 Å². The van der Waals surface area contributed by atoms with Crippen LogP contribution >= 0.6 is 11.6 Å². The first-order chi connectivity index (χ1) is 26.2. The first-order valence-corrected chi connectivity index (χ1v) is 19.2. The highest BCUT2D eigenvalue weighted by atomic mass is 35.5. The van der Waals surface area contributed by atoms with E-state index >= 15 is 0 Å². The quantitative estimate of drug-likeness (QED) is 0.215. The Morgan fingerprint density at radius 2 is 1.51 bits per heavy atom. The van der Waals surface area contributed by atoms with Crippen LogP contribution in [0.25, 0.3) is 4.85 Å². The number of carbonyl (C=O) groups excluding carboxylic acids is 5. The van der Waals surface area contributed by atoms with E-state index in [2.05, 4.69) is 48.1 Å². The van der Waals surface area contributed by atoms with Crippen molar-refractivity contribution in [1.82, 2.24) is 20.0 Å². The summed E-state index contributed by atoms with van der Waals surface area (Å²) in [5.41, 5.74) is 4.11. The fraction of sp³-hybridized carbons (Fsp3) is 0.429. The standard InChI is InChI=1S/C42H43ClN6O6/c1-41(2)39(42(3,4)40(41)55-28-10-11-32(44-5)31(43)20-28)45-26-8-6-23(7-9-26)36(52)47-16-14-27(15-17-47)48-21-24-18-29-30(19-25(24)22-48)38(54)49(37(29)53)33-12-13-34(50)46-35(33)51/h6-11,18-20,27,33,39-40,45H,12-17,21-22H2,1-4H3,(H,46,50,51)/t33-,39?,40?/m0/s1. The van der Waals surface area contributed by atoms with E-state index in [1.807, 2.05) is 29.2 Å². The van der Waals surface area contributed by atoms with E-state index in [0.29, 0.717) is 59.3 Å². The summed E-state index contributed by atoms with van der Waals surface area (Å²) in [6.07, 6.45) is 1.73. The normalized spacial score (nSPS) is 24.5. The first kappa shape index (κ1) is 36.7. The maximum absolute atomic E-state index is 13.6. The number of imide groups is 2. The molecule has 3 fully saturated rings. The minimum absolute atomic E-state index is 0.00406. The summed E-state index contributed by atoms with van der Waals surface area (Å²) in [4.78, 5) is 73.0. The van der Waals surface area contributed by atoms with E-state index in [1.54, 1.807) is 30.3 Å². The molecule has 55 heavy (non-hydrogen) atoms. The monoisotopic (exact) mass is 762 g/mol. The average Bonchev–Trinajstić information content (AvgIpc) is 3.69. The van der Waals surface area contributed by atoms with Crippen LogP contribution < -0.4 is 15.4 Å². The highest BCUT2D eigenvalue weighted by Gasteiger charge is 2.63. The number of halogens is 1. The number of likely N-dealkylation sites (tertiary alicyclic amines) is 1. The second-order valence-corrected chi connectivity index (χ2v) is 17.0. The highest BCUT2D eigenvalue weighted by Crippen LogP contribution is 2.56. The molecule has 5 aliphatic rings. The number of anilines is 1. The van der Waals surface area contributed by atoms with Gasteiger partial charge in [-0.15, -0.1) is 0 Å². The maximum atomic E-state index is 13.6. The van der Waals surface area contributed by atoms with Crippen molar-refractivity contribution in [3.8, 4) is 5.75 Å². The number of amides is 5. The summed E-state index contributed by atoms with van der Waals surface area (Å²) < 4.78 is 6.43. The third-order valence-corrected chi connectivity index (χ3v) is 12.7. The van der Waals surface area contributed by atoms with Crippen molar-refractivity contribution < 1.29 is 28.7 Å². The zero-order chi connectivity index (χ0) is 39.0. The summed E-state index contributed by atoms with van der Waals surface area (Å²) in [5, 5.41) is 6.30. The molecule has 2 N–H and O–H groups in total. The molecule has 4 aliphatic heterocycles. The lowest BCUT2D eigenvalue weighted by Gasteiger charge is -2.63. The van der Waals surface area contributed by atoms with Crippen molar-refractivity contribution >= 4 is 52.5 Å². The molecular formula is C42H43ClN6O6. The molecule has 284 valence electrons. The first-order valence-electron chi connectivity index (χ1n) is 18.8. The molecular weight excluding hydrogens is 720 g/mol. The lowest BCUT2D eigenvalue weighted by atomic mass is 9.49. The van der Waals surface area contributed by atoms with Gasteiger partial charge in [0.1, 0.15) is 17.9 Å². The van der Waals surface area contributed by atoms with Crippen LogP contribution in [-0.2, 0) is 22.7 Å². The van der Waals surface area contributed by atoms with Crippen molar-refractivity contribution in [2.45, 2.75) is 90.7 Å². The third kappa shape index (κ3) is 6.23.